The highest BCUT2D eigenvalue weighted by atomic mass is 79.9. The lowest BCUT2D eigenvalue weighted by molar-refractivity contribution is -0.116. The van der Waals surface area contributed by atoms with Gasteiger partial charge in [0.1, 0.15) is 5.15 Å². The monoisotopic (exact) mass is 429 g/mol. The van der Waals surface area contributed by atoms with Crippen molar-refractivity contribution in [1.82, 2.24) is 9.88 Å². The molecule has 1 heterocycles. The molecule has 2 amide bonds. The van der Waals surface area contributed by atoms with Crippen molar-refractivity contribution in [3.63, 3.8) is 0 Å². The number of nitrogens with one attached hydrogen (secondary N) is 1. The summed E-state index contributed by atoms with van der Waals surface area (Å²) in [4.78, 5) is 29.6. The minimum atomic E-state index is -0.372. The maximum Gasteiger partial charge on any atom is 0.255 e. The Morgan fingerprint density at radius 1 is 1.29 bits per heavy atom. The molecule has 0 unspecified atom stereocenters. The van der Waals surface area contributed by atoms with Crippen molar-refractivity contribution >= 4 is 56.6 Å². The quantitative estimate of drug-likeness (QED) is 0.740. The van der Waals surface area contributed by atoms with Crippen molar-refractivity contribution in [3.8, 4) is 0 Å². The number of pyridine rings is 1. The van der Waals surface area contributed by atoms with Gasteiger partial charge in [0, 0.05) is 23.4 Å². The van der Waals surface area contributed by atoms with E-state index in [9.17, 15) is 9.59 Å². The fraction of sp³-hybridized carbons (Fsp3) is 0.188. The molecule has 1 aromatic carbocycles. The second-order valence-electron chi connectivity index (χ2n) is 5.17. The van der Waals surface area contributed by atoms with Crippen LogP contribution in [0, 0.1) is 6.92 Å². The smallest absolute Gasteiger partial charge is 0.255 e. The Morgan fingerprint density at radius 2 is 2.00 bits per heavy atom. The Hall–Kier alpha value is -1.63. The zero-order valence-electron chi connectivity index (χ0n) is 12.9. The first-order valence-corrected chi connectivity index (χ1v) is 8.45. The van der Waals surface area contributed by atoms with Gasteiger partial charge in [-0.25, -0.2) is 4.98 Å². The molecule has 5 nitrogen and oxygen atoms in total. The second-order valence-corrected chi connectivity index (χ2v) is 6.85. The van der Waals surface area contributed by atoms with Gasteiger partial charge in [0.25, 0.3) is 5.91 Å². The summed E-state index contributed by atoms with van der Waals surface area (Å²) < 4.78 is 0.928. The Balaban J connectivity index is 2.02. The van der Waals surface area contributed by atoms with E-state index >= 15 is 0 Å². The number of hydrogen-bond donors (Lipinski definition) is 1. The molecule has 0 bridgehead atoms. The van der Waals surface area contributed by atoms with E-state index in [-0.39, 0.29) is 34.1 Å². The highest BCUT2D eigenvalue weighted by Crippen LogP contribution is 2.21. The first kappa shape index (κ1) is 18.7. The zero-order chi connectivity index (χ0) is 17.9. The van der Waals surface area contributed by atoms with Crippen LogP contribution in [0.4, 0.5) is 5.69 Å². The molecule has 1 aromatic heterocycles. The highest BCUT2D eigenvalue weighted by molar-refractivity contribution is 9.10. The minimum absolute atomic E-state index is 0.103. The maximum absolute atomic E-state index is 12.3. The molecule has 0 saturated carbocycles. The molecule has 0 aliphatic rings. The molecule has 0 atom stereocenters. The van der Waals surface area contributed by atoms with E-state index in [0.29, 0.717) is 5.69 Å². The van der Waals surface area contributed by atoms with Gasteiger partial charge in [0.15, 0.2) is 0 Å². The molecule has 126 valence electrons. The summed E-state index contributed by atoms with van der Waals surface area (Å²) >= 11 is 15.0. The molecule has 0 radical (unpaired) electrons. The fourth-order valence-electron chi connectivity index (χ4n) is 2.00. The van der Waals surface area contributed by atoms with E-state index in [0.717, 1.165) is 10.0 Å². The van der Waals surface area contributed by atoms with E-state index in [4.69, 9.17) is 23.2 Å². The number of carbonyl (C=O) groups is 2. The Kier molecular flexibility index (Phi) is 6.21. The lowest BCUT2D eigenvalue weighted by atomic mass is 10.2. The fourth-order valence-corrected chi connectivity index (χ4v) is 2.75. The number of aromatic nitrogens is 1. The Bertz CT molecular complexity index is 799. The molecule has 0 fully saturated rings. The number of halogens is 3. The highest BCUT2D eigenvalue weighted by Gasteiger charge is 2.17. The van der Waals surface area contributed by atoms with Gasteiger partial charge in [0.05, 0.1) is 17.1 Å². The predicted octanol–water partition coefficient (Wildman–Crippen LogP) is 4.17. The van der Waals surface area contributed by atoms with Gasteiger partial charge in [-0.3, -0.25) is 9.59 Å². The van der Waals surface area contributed by atoms with Crippen LogP contribution in [-0.2, 0) is 4.79 Å². The number of amides is 2. The van der Waals surface area contributed by atoms with E-state index in [2.05, 4.69) is 26.2 Å². The van der Waals surface area contributed by atoms with Crippen molar-refractivity contribution < 1.29 is 9.59 Å². The molecular formula is C16H14BrCl2N3O2. The minimum Gasteiger partial charge on any atom is -0.332 e. The van der Waals surface area contributed by atoms with Gasteiger partial charge in [0.2, 0.25) is 5.91 Å². The Labute approximate surface area is 158 Å². The predicted molar refractivity (Wildman–Crippen MR) is 98.7 cm³/mol. The number of nitrogens with zero attached hydrogens (tertiary/aromatic N) is 2. The SMILES string of the molecule is Cc1cc(Br)ccc1NC(=O)CN(C)C(=O)c1cnc(Cl)c(Cl)c1. The summed E-state index contributed by atoms with van der Waals surface area (Å²) in [6.45, 7) is 1.78. The number of carbonyl (C=O) groups excluding carboxylic acids is 2. The molecule has 8 heteroatoms. The van der Waals surface area contributed by atoms with Crippen LogP contribution in [0.5, 0.6) is 0 Å². The third kappa shape index (κ3) is 4.69. The number of anilines is 1. The van der Waals surface area contributed by atoms with Crippen LogP contribution in [0.2, 0.25) is 10.2 Å². The van der Waals surface area contributed by atoms with Crippen molar-refractivity contribution in [1.29, 1.82) is 0 Å². The van der Waals surface area contributed by atoms with Crippen molar-refractivity contribution in [2.45, 2.75) is 6.92 Å². The first-order valence-electron chi connectivity index (χ1n) is 6.90. The van der Waals surface area contributed by atoms with E-state index in [1.54, 1.807) is 6.07 Å². The topological polar surface area (TPSA) is 62.3 Å². The maximum atomic E-state index is 12.3. The van der Waals surface area contributed by atoms with Crippen LogP contribution in [0.25, 0.3) is 0 Å². The van der Waals surface area contributed by atoms with Gasteiger partial charge in [-0.2, -0.15) is 0 Å². The molecule has 0 spiro atoms. The largest absolute Gasteiger partial charge is 0.332 e. The molecule has 1 N–H and O–H groups in total. The van der Waals surface area contributed by atoms with Gasteiger partial charge in [-0.05, 0) is 36.8 Å². The summed E-state index contributed by atoms with van der Waals surface area (Å²) in [5, 5.41) is 3.09. The number of benzene rings is 1. The molecular weight excluding hydrogens is 417 g/mol. The van der Waals surface area contributed by atoms with Gasteiger partial charge >= 0.3 is 0 Å². The normalized spacial score (nSPS) is 10.4. The molecule has 2 rings (SSSR count). The average molecular weight is 431 g/mol. The number of aryl methyl sites for hydroxylation is 1. The Morgan fingerprint density at radius 3 is 2.62 bits per heavy atom. The number of rotatable bonds is 4. The molecule has 0 saturated heterocycles. The molecule has 2 aromatic rings. The summed E-state index contributed by atoms with van der Waals surface area (Å²) in [5.74, 6) is -0.673. The zero-order valence-corrected chi connectivity index (χ0v) is 16.0. The third-order valence-electron chi connectivity index (χ3n) is 3.23. The van der Waals surface area contributed by atoms with Gasteiger partial charge in [-0.15, -0.1) is 0 Å². The molecule has 0 aliphatic carbocycles. The van der Waals surface area contributed by atoms with Crippen LogP contribution in [0.1, 0.15) is 15.9 Å². The van der Waals surface area contributed by atoms with Crippen LogP contribution in [0.3, 0.4) is 0 Å². The van der Waals surface area contributed by atoms with E-state index < -0.39 is 0 Å². The average Bonchev–Trinajstić information content (AvgIpc) is 2.52. The van der Waals surface area contributed by atoms with Crippen molar-refractivity contribution in [2.75, 3.05) is 18.9 Å². The summed E-state index contributed by atoms with van der Waals surface area (Å²) in [6, 6.07) is 6.94. The number of likely N-dealkylation sites (N-methyl/N-ethyl adjacent to an activating group) is 1. The van der Waals surface area contributed by atoms with Crippen molar-refractivity contribution in [3.05, 3.63) is 56.2 Å². The second kappa shape index (κ2) is 7.96. The lowest BCUT2D eigenvalue weighted by Crippen LogP contribution is -2.35. The van der Waals surface area contributed by atoms with Crippen molar-refractivity contribution in [2.24, 2.45) is 0 Å². The summed E-state index contributed by atoms with van der Waals surface area (Å²) in [5.41, 5.74) is 1.88. The third-order valence-corrected chi connectivity index (χ3v) is 4.41. The standard InChI is InChI=1S/C16H14BrCl2N3O2/c1-9-5-11(17)3-4-13(9)21-14(23)8-22(2)16(24)10-6-12(18)15(19)20-7-10/h3-7H,8H2,1-2H3,(H,21,23). The lowest BCUT2D eigenvalue weighted by Gasteiger charge is -2.17. The van der Waals surface area contributed by atoms with Crippen LogP contribution in [0.15, 0.2) is 34.9 Å². The van der Waals surface area contributed by atoms with Crippen LogP contribution >= 0.6 is 39.1 Å². The number of hydrogen-bond acceptors (Lipinski definition) is 3. The molecule has 0 aliphatic heterocycles. The summed E-state index contributed by atoms with van der Waals surface area (Å²) in [6.07, 6.45) is 1.32. The van der Waals surface area contributed by atoms with Crippen LogP contribution in [-0.4, -0.2) is 35.3 Å². The first-order chi connectivity index (χ1) is 11.3. The van der Waals surface area contributed by atoms with Gasteiger partial charge in [-0.1, -0.05) is 39.1 Å². The molecule has 24 heavy (non-hydrogen) atoms. The van der Waals surface area contributed by atoms with Crippen LogP contribution < -0.4 is 5.32 Å². The van der Waals surface area contributed by atoms with E-state index in [1.807, 2.05) is 19.1 Å². The summed E-state index contributed by atoms with van der Waals surface area (Å²) in [7, 11) is 1.53. The van der Waals surface area contributed by atoms with E-state index in [1.165, 1.54) is 24.2 Å². The van der Waals surface area contributed by atoms with Gasteiger partial charge < -0.3 is 10.2 Å².